The van der Waals surface area contributed by atoms with E-state index in [1.54, 1.807) is 4.90 Å². The highest BCUT2D eigenvalue weighted by molar-refractivity contribution is 6.02. The fraction of sp³-hybridized carbons (Fsp3) is 0.818. The van der Waals surface area contributed by atoms with Gasteiger partial charge in [-0.3, -0.25) is 19.4 Å². The SMILES string of the molecule is CC(C)CN1C(=O)CN(C)C(C)(C)C1=O. The summed E-state index contributed by atoms with van der Waals surface area (Å²) in [5.41, 5.74) is -0.567. The summed E-state index contributed by atoms with van der Waals surface area (Å²) in [4.78, 5) is 27.0. The molecule has 0 aromatic carbocycles. The number of nitrogens with zero attached hydrogens (tertiary/aromatic N) is 2. The van der Waals surface area contributed by atoms with Crippen molar-refractivity contribution in [3.05, 3.63) is 0 Å². The number of carbonyl (C=O) groups excluding carboxylic acids is 2. The van der Waals surface area contributed by atoms with Crippen LogP contribution in [0.15, 0.2) is 0 Å². The minimum absolute atomic E-state index is 0.0875. The van der Waals surface area contributed by atoms with Gasteiger partial charge >= 0.3 is 0 Å². The molecular weight excluding hydrogens is 192 g/mol. The van der Waals surface area contributed by atoms with Gasteiger partial charge in [-0.15, -0.1) is 0 Å². The number of likely N-dealkylation sites (N-methyl/N-ethyl adjacent to an activating group) is 1. The third-order valence-corrected chi connectivity index (χ3v) is 2.94. The van der Waals surface area contributed by atoms with Crippen LogP contribution in [0, 0.1) is 5.92 Å². The van der Waals surface area contributed by atoms with Gasteiger partial charge in [-0.05, 0) is 26.8 Å². The Labute approximate surface area is 91.2 Å². The minimum Gasteiger partial charge on any atom is -0.284 e. The maximum absolute atomic E-state index is 12.1. The summed E-state index contributed by atoms with van der Waals surface area (Å²) < 4.78 is 0. The van der Waals surface area contributed by atoms with E-state index in [1.807, 2.05) is 34.7 Å². The van der Waals surface area contributed by atoms with Gasteiger partial charge < -0.3 is 0 Å². The first-order valence-corrected chi connectivity index (χ1v) is 5.33. The number of hydrogen-bond acceptors (Lipinski definition) is 3. The second kappa shape index (κ2) is 3.93. The van der Waals surface area contributed by atoms with Crippen LogP contribution >= 0.6 is 0 Å². The first-order chi connectivity index (χ1) is 6.76. The number of rotatable bonds is 2. The summed E-state index contributed by atoms with van der Waals surface area (Å²) in [6.45, 7) is 8.57. The lowest BCUT2D eigenvalue weighted by Gasteiger charge is -2.43. The molecule has 0 radical (unpaired) electrons. The number of hydrogen-bond donors (Lipinski definition) is 0. The van der Waals surface area contributed by atoms with Gasteiger partial charge in [-0.2, -0.15) is 0 Å². The average Bonchev–Trinajstić information content (AvgIpc) is 2.10. The monoisotopic (exact) mass is 212 g/mol. The van der Waals surface area contributed by atoms with Crippen molar-refractivity contribution in [2.75, 3.05) is 20.1 Å². The summed E-state index contributed by atoms with van der Waals surface area (Å²) in [6, 6.07) is 0. The Hall–Kier alpha value is -0.900. The molecule has 1 rings (SSSR count). The van der Waals surface area contributed by atoms with Crippen LogP contribution in [0.4, 0.5) is 0 Å². The zero-order chi connectivity index (χ0) is 11.8. The molecule has 0 unspecified atom stereocenters. The van der Waals surface area contributed by atoms with Gasteiger partial charge in [0, 0.05) is 6.54 Å². The minimum atomic E-state index is -0.567. The molecule has 1 saturated heterocycles. The molecule has 0 spiro atoms. The van der Waals surface area contributed by atoms with Crippen LogP contribution in [-0.2, 0) is 9.59 Å². The van der Waals surface area contributed by atoms with Gasteiger partial charge in [-0.25, -0.2) is 0 Å². The second-order valence-electron chi connectivity index (χ2n) is 5.12. The van der Waals surface area contributed by atoms with Crippen LogP contribution in [0.1, 0.15) is 27.7 Å². The molecule has 15 heavy (non-hydrogen) atoms. The molecule has 0 N–H and O–H groups in total. The van der Waals surface area contributed by atoms with Crippen molar-refractivity contribution in [1.29, 1.82) is 0 Å². The number of piperazine rings is 1. The maximum Gasteiger partial charge on any atom is 0.249 e. The Morgan fingerprint density at radius 3 is 2.33 bits per heavy atom. The van der Waals surface area contributed by atoms with E-state index in [2.05, 4.69) is 0 Å². The topological polar surface area (TPSA) is 40.6 Å². The Morgan fingerprint density at radius 2 is 1.87 bits per heavy atom. The molecule has 0 aromatic heterocycles. The highest BCUT2D eigenvalue weighted by Crippen LogP contribution is 2.21. The van der Waals surface area contributed by atoms with E-state index in [-0.39, 0.29) is 11.8 Å². The van der Waals surface area contributed by atoms with Gasteiger partial charge in [-0.1, -0.05) is 13.8 Å². The predicted molar refractivity (Wildman–Crippen MR) is 58.3 cm³/mol. The van der Waals surface area contributed by atoms with E-state index in [0.29, 0.717) is 19.0 Å². The van der Waals surface area contributed by atoms with E-state index in [1.165, 1.54) is 4.90 Å². The van der Waals surface area contributed by atoms with Crippen LogP contribution in [0.5, 0.6) is 0 Å². The lowest BCUT2D eigenvalue weighted by molar-refractivity contribution is -0.160. The van der Waals surface area contributed by atoms with E-state index in [4.69, 9.17) is 0 Å². The molecule has 4 heteroatoms. The summed E-state index contributed by atoms with van der Waals surface area (Å²) >= 11 is 0. The van der Waals surface area contributed by atoms with E-state index in [9.17, 15) is 9.59 Å². The lowest BCUT2D eigenvalue weighted by Crippen LogP contribution is -2.64. The number of amides is 2. The largest absolute Gasteiger partial charge is 0.284 e. The van der Waals surface area contributed by atoms with Crippen molar-refractivity contribution < 1.29 is 9.59 Å². The Morgan fingerprint density at radius 1 is 1.33 bits per heavy atom. The zero-order valence-corrected chi connectivity index (χ0v) is 10.2. The third-order valence-electron chi connectivity index (χ3n) is 2.94. The van der Waals surface area contributed by atoms with Crippen LogP contribution in [0.2, 0.25) is 0 Å². The zero-order valence-electron chi connectivity index (χ0n) is 10.2. The van der Waals surface area contributed by atoms with Crippen LogP contribution in [0.3, 0.4) is 0 Å². The van der Waals surface area contributed by atoms with Crippen molar-refractivity contribution in [2.45, 2.75) is 33.2 Å². The second-order valence-corrected chi connectivity index (χ2v) is 5.12. The first-order valence-electron chi connectivity index (χ1n) is 5.33. The summed E-state index contributed by atoms with van der Waals surface area (Å²) in [5, 5.41) is 0. The van der Waals surface area contributed by atoms with Gasteiger partial charge in [0.2, 0.25) is 11.8 Å². The standard InChI is InChI=1S/C11H20N2O2/c1-8(2)6-13-9(14)7-12(5)11(3,4)10(13)15/h8H,6-7H2,1-5H3. The highest BCUT2D eigenvalue weighted by atomic mass is 16.2. The van der Waals surface area contributed by atoms with Crippen molar-refractivity contribution in [3.8, 4) is 0 Å². The van der Waals surface area contributed by atoms with Crippen molar-refractivity contribution in [1.82, 2.24) is 9.80 Å². The molecule has 2 amide bonds. The van der Waals surface area contributed by atoms with Gasteiger partial charge in [0.15, 0.2) is 0 Å². The summed E-state index contributed by atoms with van der Waals surface area (Å²) in [5.74, 6) is 0.141. The molecule has 0 aromatic rings. The summed E-state index contributed by atoms with van der Waals surface area (Å²) in [6.07, 6.45) is 0. The van der Waals surface area contributed by atoms with Gasteiger partial charge in [0.1, 0.15) is 0 Å². The van der Waals surface area contributed by atoms with Crippen molar-refractivity contribution in [3.63, 3.8) is 0 Å². The molecule has 1 aliphatic heterocycles. The Balaban J connectivity index is 2.89. The number of imide groups is 1. The normalized spacial score (nSPS) is 22.7. The van der Waals surface area contributed by atoms with Gasteiger partial charge in [0.25, 0.3) is 0 Å². The molecule has 1 heterocycles. The lowest BCUT2D eigenvalue weighted by atomic mass is 9.97. The van der Waals surface area contributed by atoms with Crippen LogP contribution in [-0.4, -0.2) is 47.3 Å². The van der Waals surface area contributed by atoms with E-state index < -0.39 is 5.54 Å². The van der Waals surface area contributed by atoms with Crippen molar-refractivity contribution in [2.24, 2.45) is 5.92 Å². The first kappa shape index (κ1) is 12.2. The number of carbonyl (C=O) groups is 2. The van der Waals surface area contributed by atoms with Crippen molar-refractivity contribution >= 4 is 11.8 Å². The maximum atomic E-state index is 12.1. The molecule has 0 aliphatic carbocycles. The molecular formula is C11H20N2O2. The quantitative estimate of drug-likeness (QED) is 0.633. The fourth-order valence-corrected chi connectivity index (χ4v) is 1.64. The van der Waals surface area contributed by atoms with E-state index in [0.717, 1.165) is 0 Å². The van der Waals surface area contributed by atoms with Crippen LogP contribution in [0.25, 0.3) is 0 Å². The molecule has 4 nitrogen and oxygen atoms in total. The third kappa shape index (κ3) is 2.20. The molecule has 0 bridgehead atoms. The van der Waals surface area contributed by atoms with E-state index >= 15 is 0 Å². The predicted octanol–water partition coefficient (Wildman–Crippen LogP) is 0.722. The molecule has 0 saturated carbocycles. The Bertz CT molecular complexity index is 284. The molecule has 1 fully saturated rings. The smallest absolute Gasteiger partial charge is 0.249 e. The fourth-order valence-electron chi connectivity index (χ4n) is 1.64. The van der Waals surface area contributed by atoms with Crippen LogP contribution < -0.4 is 0 Å². The molecule has 86 valence electrons. The Kier molecular flexibility index (Phi) is 3.19. The van der Waals surface area contributed by atoms with Gasteiger partial charge in [0.05, 0.1) is 12.1 Å². The molecule has 1 aliphatic rings. The highest BCUT2D eigenvalue weighted by Gasteiger charge is 2.43. The average molecular weight is 212 g/mol. The summed E-state index contributed by atoms with van der Waals surface area (Å²) in [7, 11) is 1.81. The molecule has 0 atom stereocenters.